The molecule has 22 heavy (non-hydrogen) atoms. The fraction of sp³-hybridized carbons (Fsp3) is 0.562. The van der Waals surface area contributed by atoms with Crippen molar-refractivity contribution in [3.8, 4) is 0 Å². The molecule has 2 atom stereocenters. The van der Waals surface area contributed by atoms with Gasteiger partial charge in [0.15, 0.2) is 11.6 Å². The second-order valence-corrected chi connectivity index (χ2v) is 5.79. The zero-order chi connectivity index (χ0) is 15.5. The van der Waals surface area contributed by atoms with E-state index in [0.717, 1.165) is 25.7 Å². The normalized spacial score (nSPS) is 20.1. The fourth-order valence-electron chi connectivity index (χ4n) is 2.74. The van der Waals surface area contributed by atoms with E-state index in [2.05, 4.69) is 24.0 Å². The van der Waals surface area contributed by atoms with Gasteiger partial charge in [0.05, 0.1) is 6.26 Å². The van der Waals surface area contributed by atoms with Crippen LogP contribution in [-0.2, 0) is 0 Å². The zero-order valence-corrected chi connectivity index (χ0v) is 13.0. The third kappa shape index (κ3) is 2.77. The molecular formula is C16H21N3O3. The van der Waals surface area contributed by atoms with Crippen molar-refractivity contribution in [2.45, 2.75) is 51.5 Å². The van der Waals surface area contributed by atoms with Crippen molar-refractivity contribution in [3.63, 3.8) is 0 Å². The summed E-state index contributed by atoms with van der Waals surface area (Å²) in [6, 6.07) is 3.25. The number of amides is 1. The lowest BCUT2D eigenvalue weighted by Gasteiger charge is -2.32. The molecule has 0 radical (unpaired) electrons. The summed E-state index contributed by atoms with van der Waals surface area (Å²) in [5.74, 6) is 1.75. The Morgan fingerprint density at radius 1 is 1.50 bits per heavy atom. The van der Waals surface area contributed by atoms with Crippen LogP contribution in [0.15, 0.2) is 27.3 Å². The number of furan rings is 1. The average molecular weight is 303 g/mol. The van der Waals surface area contributed by atoms with Gasteiger partial charge >= 0.3 is 0 Å². The maximum Gasteiger partial charge on any atom is 0.290 e. The zero-order valence-electron chi connectivity index (χ0n) is 13.0. The quantitative estimate of drug-likeness (QED) is 0.863. The average Bonchev–Trinajstić information content (AvgIpc) is 3.25. The lowest BCUT2D eigenvalue weighted by Crippen LogP contribution is -2.38. The highest BCUT2D eigenvalue weighted by Gasteiger charge is 2.33. The standard InChI is InChI=1S/C16H21N3O3/c1-3-11(2)14-17-15(22-18-14)12-7-4-5-9-19(12)16(20)13-8-6-10-21-13/h6,8,10-12H,3-5,7,9H2,1-2H3. The highest BCUT2D eigenvalue weighted by Crippen LogP contribution is 2.32. The molecule has 2 aromatic rings. The third-order valence-corrected chi connectivity index (χ3v) is 4.29. The Morgan fingerprint density at radius 2 is 2.36 bits per heavy atom. The molecule has 6 nitrogen and oxygen atoms in total. The van der Waals surface area contributed by atoms with Crippen LogP contribution in [0.2, 0.25) is 0 Å². The predicted octanol–water partition coefficient (Wildman–Crippen LogP) is 3.54. The molecule has 1 saturated heterocycles. The molecule has 2 unspecified atom stereocenters. The highest BCUT2D eigenvalue weighted by atomic mass is 16.5. The predicted molar refractivity (Wildman–Crippen MR) is 79.3 cm³/mol. The first kappa shape index (κ1) is 14.8. The topological polar surface area (TPSA) is 72.4 Å². The van der Waals surface area contributed by atoms with Gasteiger partial charge in [-0.2, -0.15) is 4.98 Å². The fourth-order valence-corrected chi connectivity index (χ4v) is 2.74. The van der Waals surface area contributed by atoms with Crippen molar-refractivity contribution >= 4 is 5.91 Å². The summed E-state index contributed by atoms with van der Waals surface area (Å²) in [7, 11) is 0. The van der Waals surface area contributed by atoms with Crippen LogP contribution >= 0.6 is 0 Å². The van der Waals surface area contributed by atoms with Gasteiger partial charge < -0.3 is 13.8 Å². The van der Waals surface area contributed by atoms with Crippen LogP contribution in [0.25, 0.3) is 0 Å². The van der Waals surface area contributed by atoms with E-state index in [9.17, 15) is 4.79 Å². The van der Waals surface area contributed by atoms with Gasteiger partial charge in [-0.15, -0.1) is 0 Å². The number of rotatable bonds is 4. The molecule has 0 aromatic carbocycles. The first-order valence-electron chi connectivity index (χ1n) is 7.88. The van der Waals surface area contributed by atoms with E-state index in [-0.39, 0.29) is 17.9 Å². The van der Waals surface area contributed by atoms with Crippen LogP contribution in [0.5, 0.6) is 0 Å². The van der Waals surface area contributed by atoms with Gasteiger partial charge in [0.1, 0.15) is 6.04 Å². The summed E-state index contributed by atoms with van der Waals surface area (Å²) < 4.78 is 10.7. The number of carbonyl (C=O) groups excluding carboxylic acids is 1. The summed E-state index contributed by atoms with van der Waals surface area (Å²) in [5, 5.41) is 4.07. The first-order valence-corrected chi connectivity index (χ1v) is 7.88. The van der Waals surface area contributed by atoms with Gasteiger partial charge in [-0.25, -0.2) is 0 Å². The minimum Gasteiger partial charge on any atom is -0.459 e. The lowest BCUT2D eigenvalue weighted by atomic mass is 10.0. The monoisotopic (exact) mass is 303 g/mol. The van der Waals surface area contributed by atoms with Gasteiger partial charge in [-0.1, -0.05) is 19.0 Å². The van der Waals surface area contributed by atoms with E-state index in [1.807, 2.05) is 0 Å². The van der Waals surface area contributed by atoms with Crippen LogP contribution in [0.1, 0.15) is 73.8 Å². The van der Waals surface area contributed by atoms with E-state index in [0.29, 0.717) is 24.0 Å². The van der Waals surface area contributed by atoms with Crippen LogP contribution in [0.4, 0.5) is 0 Å². The molecule has 118 valence electrons. The van der Waals surface area contributed by atoms with E-state index in [4.69, 9.17) is 8.94 Å². The third-order valence-electron chi connectivity index (χ3n) is 4.29. The molecule has 1 fully saturated rings. The van der Waals surface area contributed by atoms with E-state index < -0.39 is 0 Å². The van der Waals surface area contributed by atoms with E-state index in [1.165, 1.54) is 6.26 Å². The van der Waals surface area contributed by atoms with Crippen LogP contribution in [0, 0.1) is 0 Å². The lowest BCUT2D eigenvalue weighted by molar-refractivity contribution is 0.0529. The van der Waals surface area contributed by atoms with Crippen LogP contribution < -0.4 is 0 Å². The van der Waals surface area contributed by atoms with Crippen LogP contribution in [-0.4, -0.2) is 27.5 Å². The van der Waals surface area contributed by atoms with E-state index >= 15 is 0 Å². The molecular weight excluding hydrogens is 282 g/mol. The van der Waals surface area contributed by atoms with Crippen molar-refractivity contribution in [2.24, 2.45) is 0 Å². The molecule has 6 heteroatoms. The van der Waals surface area contributed by atoms with Crippen molar-refractivity contribution in [1.82, 2.24) is 15.0 Å². The second kappa shape index (κ2) is 6.34. The summed E-state index contributed by atoms with van der Waals surface area (Å²) in [5.41, 5.74) is 0. The maximum atomic E-state index is 12.6. The summed E-state index contributed by atoms with van der Waals surface area (Å²) in [4.78, 5) is 18.9. The highest BCUT2D eigenvalue weighted by molar-refractivity contribution is 5.91. The van der Waals surface area contributed by atoms with Gasteiger partial charge in [-0.05, 0) is 37.8 Å². The van der Waals surface area contributed by atoms with Crippen molar-refractivity contribution < 1.29 is 13.7 Å². The number of nitrogens with zero attached hydrogens (tertiary/aromatic N) is 3. The molecule has 3 heterocycles. The Balaban J connectivity index is 1.83. The van der Waals surface area contributed by atoms with Crippen molar-refractivity contribution in [1.29, 1.82) is 0 Å². The minimum absolute atomic E-state index is 0.113. The number of likely N-dealkylation sites (tertiary alicyclic amines) is 1. The molecule has 3 rings (SSSR count). The number of hydrogen-bond acceptors (Lipinski definition) is 5. The molecule has 0 N–H and O–H groups in total. The maximum absolute atomic E-state index is 12.6. The molecule has 1 aliphatic heterocycles. The first-order chi connectivity index (χ1) is 10.7. The number of carbonyl (C=O) groups is 1. The van der Waals surface area contributed by atoms with Gasteiger partial charge in [0.25, 0.3) is 5.91 Å². The van der Waals surface area contributed by atoms with Crippen molar-refractivity contribution in [3.05, 3.63) is 35.9 Å². The Kier molecular flexibility index (Phi) is 4.27. The molecule has 1 aliphatic rings. The molecule has 2 aromatic heterocycles. The largest absolute Gasteiger partial charge is 0.459 e. The summed E-state index contributed by atoms with van der Waals surface area (Å²) in [6.45, 7) is 4.85. The van der Waals surface area contributed by atoms with Crippen molar-refractivity contribution in [2.75, 3.05) is 6.54 Å². The Hall–Kier alpha value is -2.11. The van der Waals surface area contributed by atoms with Gasteiger partial charge in [-0.3, -0.25) is 4.79 Å². The SMILES string of the molecule is CCC(C)c1noc(C2CCCCN2C(=O)c2ccco2)n1. The molecule has 0 spiro atoms. The smallest absolute Gasteiger partial charge is 0.290 e. The summed E-state index contributed by atoms with van der Waals surface area (Å²) in [6.07, 6.45) is 5.34. The van der Waals surface area contributed by atoms with Gasteiger partial charge in [0.2, 0.25) is 5.89 Å². The number of hydrogen-bond donors (Lipinski definition) is 0. The molecule has 1 amide bonds. The second-order valence-electron chi connectivity index (χ2n) is 5.79. The Labute approximate surface area is 129 Å². The summed E-state index contributed by atoms with van der Waals surface area (Å²) >= 11 is 0. The Morgan fingerprint density at radius 3 is 3.09 bits per heavy atom. The molecule has 0 bridgehead atoms. The number of aromatic nitrogens is 2. The minimum atomic E-state index is -0.156. The Bertz CT molecular complexity index is 620. The van der Waals surface area contributed by atoms with E-state index in [1.54, 1.807) is 17.0 Å². The molecule has 0 saturated carbocycles. The number of piperidine rings is 1. The molecule has 0 aliphatic carbocycles. The van der Waals surface area contributed by atoms with Crippen LogP contribution in [0.3, 0.4) is 0 Å². The van der Waals surface area contributed by atoms with Gasteiger partial charge in [0, 0.05) is 12.5 Å².